The van der Waals surface area contributed by atoms with E-state index in [0.717, 1.165) is 0 Å². The molecule has 0 spiro atoms. The van der Waals surface area contributed by atoms with Crippen LogP contribution in [0, 0.1) is 0 Å². The normalized spacial score (nSPS) is 43.7. The lowest BCUT2D eigenvalue weighted by molar-refractivity contribution is 0.0276. The molecule has 0 aromatic heterocycles. The van der Waals surface area contributed by atoms with Crippen molar-refractivity contribution in [2.24, 2.45) is 5.73 Å². The Morgan fingerprint density at radius 2 is 2.22 bits per heavy atom. The first-order valence-corrected chi connectivity index (χ1v) is 2.93. The minimum absolute atomic E-state index is 0.197. The van der Waals surface area contributed by atoms with Crippen molar-refractivity contribution in [1.82, 2.24) is 0 Å². The Labute approximate surface area is 53.2 Å². The molecule has 1 fully saturated rings. The van der Waals surface area contributed by atoms with E-state index in [1.54, 1.807) is 0 Å². The predicted octanol–water partition coefficient (Wildman–Crippen LogP) is -1.93. The molecule has 0 aromatic carbocycles. The number of rotatable bonds is 1. The lowest BCUT2D eigenvalue weighted by atomic mass is 10.1. The van der Waals surface area contributed by atoms with Gasteiger partial charge in [-0.15, -0.1) is 0 Å². The third-order valence-electron chi connectivity index (χ3n) is 1.49. The molecule has 1 aliphatic heterocycles. The van der Waals surface area contributed by atoms with E-state index in [1.165, 1.54) is 0 Å². The first-order valence-electron chi connectivity index (χ1n) is 2.93. The fourth-order valence-corrected chi connectivity index (χ4v) is 0.875. The lowest BCUT2D eigenvalue weighted by Gasteiger charge is -2.10. The largest absolute Gasteiger partial charge is 0.388 e. The van der Waals surface area contributed by atoms with Gasteiger partial charge in [-0.05, 0) is 0 Å². The number of nitrogens with two attached hydrogens (primary N) is 1. The molecule has 1 aliphatic rings. The van der Waals surface area contributed by atoms with Gasteiger partial charge in [0, 0.05) is 6.54 Å². The van der Waals surface area contributed by atoms with Crippen molar-refractivity contribution in [2.75, 3.05) is 13.2 Å². The van der Waals surface area contributed by atoms with Gasteiger partial charge in [0.2, 0.25) is 0 Å². The van der Waals surface area contributed by atoms with Gasteiger partial charge in [0.05, 0.1) is 12.7 Å². The maximum atomic E-state index is 9.00. The molecule has 0 radical (unpaired) electrons. The van der Waals surface area contributed by atoms with E-state index < -0.39 is 12.2 Å². The van der Waals surface area contributed by atoms with Gasteiger partial charge in [-0.1, -0.05) is 0 Å². The van der Waals surface area contributed by atoms with Crippen molar-refractivity contribution in [2.45, 2.75) is 18.3 Å². The van der Waals surface area contributed by atoms with Crippen LogP contribution in [0.2, 0.25) is 0 Å². The molecule has 0 saturated carbocycles. The lowest BCUT2D eigenvalue weighted by Crippen LogP contribution is -2.34. The Morgan fingerprint density at radius 3 is 2.44 bits per heavy atom. The van der Waals surface area contributed by atoms with E-state index in [9.17, 15) is 0 Å². The highest BCUT2D eigenvalue weighted by Gasteiger charge is 2.32. The molecule has 4 N–H and O–H groups in total. The zero-order valence-electron chi connectivity index (χ0n) is 5.03. The second kappa shape index (κ2) is 2.62. The highest BCUT2D eigenvalue weighted by Crippen LogP contribution is 2.12. The molecule has 9 heavy (non-hydrogen) atoms. The number of ether oxygens (including phenoxy) is 1. The zero-order valence-corrected chi connectivity index (χ0v) is 5.03. The third kappa shape index (κ3) is 1.21. The maximum absolute atomic E-state index is 9.00. The predicted molar refractivity (Wildman–Crippen MR) is 30.8 cm³/mol. The van der Waals surface area contributed by atoms with Crippen LogP contribution < -0.4 is 5.73 Å². The van der Waals surface area contributed by atoms with Gasteiger partial charge in [0.1, 0.15) is 12.2 Å². The van der Waals surface area contributed by atoms with E-state index in [4.69, 9.17) is 20.7 Å². The van der Waals surface area contributed by atoms with Crippen LogP contribution in [-0.4, -0.2) is 41.7 Å². The molecule has 1 heterocycles. The van der Waals surface area contributed by atoms with Gasteiger partial charge in [-0.2, -0.15) is 0 Å². The Bertz CT molecular complexity index is 98.2. The summed E-state index contributed by atoms with van der Waals surface area (Å²) in [4.78, 5) is 0. The summed E-state index contributed by atoms with van der Waals surface area (Å²) in [6.45, 7) is 0.460. The van der Waals surface area contributed by atoms with Crippen LogP contribution in [0.3, 0.4) is 0 Å². The first-order chi connectivity index (χ1) is 4.25. The molecule has 1 saturated heterocycles. The Morgan fingerprint density at radius 1 is 1.56 bits per heavy atom. The van der Waals surface area contributed by atoms with Crippen LogP contribution in [0.4, 0.5) is 0 Å². The summed E-state index contributed by atoms with van der Waals surface area (Å²) in [5.41, 5.74) is 5.19. The zero-order chi connectivity index (χ0) is 6.85. The SMILES string of the molecule is NC[C@H]1OC[C@H](O)[C@@H]1O. The van der Waals surface area contributed by atoms with Gasteiger partial charge in [0.15, 0.2) is 0 Å². The van der Waals surface area contributed by atoms with E-state index in [0.29, 0.717) is 0 Å². The van der Waals surface area contributed by atoms with Crippen LogP contribution in [0.15, 0.2) is 0 Å². The van der Waals surface area contributed by atoms with Gasteiger partial charge in [0.25, 0.3) is 0 Å². The highest BCUT2D eigenvalue weighted by molar-refractivity contribution is 4.83. The van der Waals surface area contributed by atoms with Gasteiger partial charge in [-0.25, -0.2) is 0 Å². The average Bonchev–Trinajstić information content (AvgIpc) is 2.15. The molecule has 0 aromatic rings. The Kier molecular flexibility index (Phi) is 2.02. The monoisotopic (exact) mass is 133 g/mol. The van der Waals surface area contributed by atoms with Crippen molar-refractivity contribution >= 4 is 0 Å². The number of hydrogen-bond donors (Lipinski definition) is 3. The molecule has 1 rings (SSSR count). The molecule has 0 aliphatic carbocycles. The molecular weight excluding hydrogens is 122 g/mol. The second-order valence-electron chi connectivity index (χ2n) is 2.17. The molecule has 0 bridgehead atoms. The fourth-order valence-electron chi connectivity index (χ4n) is 0.875. The second-order valence-corrected chi connectivity index (χ2v) is 2.17. The molecule has 4 heteroatoms. The molecular formula is C5H11NO3. The van der Waals surface area contributed by atoms with Crippen molar-refractivity contribution < 1.29 is 14.9 Å². The Hall–Kier alpha value is -0.160. The van der Waals surface area contributed by atoms with Crippen LogP contribution in [-0.2, 0) is 4.74 Å². The van der Waals surface area contributed by atoms with Crippen molar-refractivity contribution in [3.05, 3.63) is 0 Å². The Balaban J connectivity index is 2.41. The van der Waals surface area contributed by atoms with Crippen LogP contribution >= 0.6 is 0 Å². The summed E-state index contributed by atoms with van der Waals surface area (Å²) in [7, 11) is 0. The summed E-state index contributed by atoms with van der Waals surface area (Å²) in [6, 6.07) is 0. The van der Waals surface area contributed by atoms with Crippen LogP contribution in [0.25, 0.3) is 0 Å². The standard InChI is InChI=1S/C5H11NO3/c6-1-4-5(8)3(7)2-9-4/h3-5,7-8H,1-2,6H2/t3-,4+,5-/m0/s1. The van der Waals surface area contributed by atoms with Gasteiger partial charge >= 0.3 is 0 Å². The summed E-state index contributed by atoms with van der Waals surface area (Å²) in [6.07, 6.45) is -1.92. The van der Waals surface area contributed by atoms with E-state index in [2.05, 4.69) is 0 Å². The topological polar surface area (TPSA) is 75.7 Å². The van der Waals surface area contributed by atoms with Gasteiger partial charge < -0.3 is 20.7 Å². The summed E-state index contributed by atoms with van der Waals surface area (Å²) >= 11 is 0. The van der Waals surface area contributed by atoms with Crippen LogP contribution in [0.1, 0.15) is 0 Å². The number of aliphatic hydroxyl groups is 2. The molecule has 0 amide bonds. The summed E-state index contributed by atoms with van der Waals surface area (Å²) in [5.74, 6) is 0. The number of aliphatic hydroxyl groups excluding tert-OH is 2. The fraction of sp³-hybridized carbons (Fsp3) is 1.00. The summed E-state index contributed by atoms with van der Waals surface area (Å²) in [5, 5.41) is 17.9. The average molecular weight is 133 g/mol. The molecule has 54 valence electrons. The van der Waals surface area contributed by atoms with Crippen molar-refractivity contribution in [1.29, 1.82) is 0 Å². The molecule has 0 unspecified atom stereocenters. The number of hydrogen-bond acceptors (Lipinski definition) is 4. The van der Waals surface area contributed by atoms with E-state index in [-0.39, 0.29) is 19.3 Å². The first kappa shape index (κ1) is 6.95. The maximum Gasteiger partial charge on any atom is 0.109 e. The third-order valence-corrected chi connectivity index (χ3v) is 1.49. The highest BCUT2D eigenvalue weighted by atomic mass is 16.5. The van der Waals surface area contributed by atoms with Crippen molar-refractivity contribution in [3.8, 4) is 0 Å². The van der Waals surface area contributed by atoms with Gasteiger partial charge in [-0.3, -0.25) is 0 Å². The van der Waals surface area contributed by atoms with E-state index in [1.807, 2.05) is 0 Å². The minimum atomic E-state index is -0.796. The molecule has 3 atom stereocenters. The van der Waals surface area contributed by atoms with E-state index >= 15 is 0 Å². The molecule has 4 nitrogen and oxygen atoms in total. The van der Waals surface area contributed by atoms with Crippen LogP contribution in [0.5, 0.6) is 0 Å². The van der Waals surface area contributed by atoms with Crippen molar-refractivity contribution in [3.63, 3.8) is 0 Å². The smallest absolute Gasteiger partial charge is 0.109 e. The quantitative estimate of drug-likeness (QED) is 0.389. The minimum Gasteiger partial charge on any atom is -0.388 e. The summed E-state index contributed by atoms with van der Waals surface area (Å²) < 4.78 is 4.90.